The van der Waals surface area contributed by atoms with Crippen LogP contribution in [-0.2, 0) is 13.0 Å². The first kappa shape index (κ1) is 21.1. The van der Waals surface area contributed by atoms with E-state index in [1.165, 1.54) is 55.3 Å². The highest BCUT2D eigenvalue weighted by Gasteiger charge is 2.29. The van der Waals surface area contributed by atoms with Crippen LogP contribution in [0.15, 0.2) is 24.3 Å². The van der Waals surface area contributed by atoms with E-state index < -0.39 is 0 Å². The zero-order chi connectivity index (χ0) is 21.3. The van der Waals surface area contributed by atoms with E-state index in [9.17, 15) is 0 Å². The van der Waals surface area contributed by atoms with Gasteiger partial charge < -0.3 is 10.3 Å². The minimum Gasteiger partial charge on any atom is -0.382 e. The molecule has 1 aliphatic rings. The van der Waals surface area contributed by atoms with Crippen molar-refractivity contribution in [1.29, 1.82) is 0 Å². The van der Waals surface area contributed by atoms with E-state index in [1.807, 2.05) is 6.07 Å². The van der Waals surface area contributed by atoms with E-state index >= 15 is 0 Å². The van der Waals surface area contributed by atoms with E-state index in [4.69, 9.17) is 10.7 Å². The molecular formula is C26H38N4. The van der Waals surface area contributed by atoms with E-state index in [-0.39, 0.29) is 0 Å². The number of nitrogens with zero attached hydrogens (tertiary/aromatic N) is 3. The number of aromatic nitrogens is 3. The molecule has 2 N–H and O–H groups in total. The third-order valence-electron chi connectivity index (χ3n) is 7.28. The number of anilines is 1. The average molecular weight is 407 g/mol. The van der Waals surface area contributed by atoms with Crippen LogP contribution < -0.4 is 5.73 Å². The smallest absolute Gasteiger partial charge is 0.152 e. The van der Waals surface area contributed by atoms with Crippen LogP contribution in [0.4, 0.5) is 5.82 Å². The van der Waals surface area contributed by atoms with Gasteiger partial charge in [0, 0.05) is 18.4 Å². The lowest BCUT2D eigenvalue weighted by molar-refractivity contribution is 0.144. The molecule has 0 unspecified atom stereocenters. The van der Waals surface area contributed by atoms with Crippen LogP contribution in [-0.4, -0.2) is 14.5 Å². The summed E-state index contributed by atoms with van der Waals surface area (Å²) in [5.41, 5.74) is 9.83. The number of nitrogen functional groups attached to an aromatic ring is 1. The van der Waals surface area contributed by atoms with E-state index in [0.29, 0.717) is 11.2 Å². The summed E-state index contributed by atoms with van der Waals surface area (Å²) < 4.78 is 2.47. The van der Waals surface area contributed by atoms with Gasteiger partial charge in [-0.1, -0.05) is 65.2 Å². The van der Waals surface area contributed by atoms with Crippen LogP contribution in [0, 0.1) is 17.3 Å². The Balaban J connectivity index is 1.62. The minimum absolute atomic E-state index is 0.447. The van der Waals surface area contributed by atoms with Gasteiger partial charge in [0.15, 0.2) is 5.82 Å². The van der Waals surface area contributed by atoms with Crippen molar-refractivity contribution in [2.75, 3.05) is 5.73 Å². The molecule has 3 aromatic rings. The summed E-state index contributed by atoms with van der Waals surface area (Å²) in [6.07, 6.45) is 10.1. The summed E-state index contributed by atoms with van der Waals surface area (Å²) in [6, 6.07) is 8.35. The maximum atomic E-state index is 6.34. The number of imidazole rings is 1. The molecule has 4 heteroatoms. The lowest BCUT2D eigenvalue weighted by Gasteiger charge is -2.37. The molecule has 1 saturated carbocycles. The normalized spacial score (nSPS) is 20.3. The van der Waals surface area contributed by atoms with Gasteiger partial charge in [-0.15, -0.1) is 0 Å². The zero-order valence-corrected chi connectivity index (χ0v) is 19.2. The summed E-state index contributed by atoms with van der Waals surface area (Å²) >= 11 is 0. The molecule has 30 heavy (non-hydrogen) atoms. The topological polar surface area (TPSA) is 56.7 Å². The Hall–Kier alpha value is -2.10. The van der Waals surface area contributed by atoms with Crippen LogP contribution in [0.1, 0.15) is 78.5 Å². The predicted molar refractivity (Wildman–Crippen MR) is 128 cm³/mol. The largest absolute Gasteiger partial charge is 0.382 e. The Labute approximate surface area is 181 Å². The number of hydrogen-bond donors (Lipinski definition) is 1. The van der Waals surface area contributed by atoms with Gasteiger partial charge in [-0.3, -0.25) is 0 Å². The van der Waals surface area contributed by atoms with Crippen molar-refractivity contribution in [3.63, 3.8) is 0 Å². The number of fused-ring (bicyclic) bond motifs is 3. The third-order valence-corrected chi connectivity index (χ3v) is 7.28. The van der Waals surface area contributed by atoms with Crippen molar-refractivity contribution in [3.8, 4) is 0 Å². The highest BCUT2D eigenvalue weighted by atomic mass is 15.1. The molecule has 0 amide bonds. The molecule has 162 valence electrons. The van der Waals surface area contributed by atoms with Crippen LogP contribution >= 0.6 is 0 Å². The molecule has 0 bridgehead atoms. The zero-order valence-electron chi connectivity index (χ0n) is 19.2. The summed E-state index contributed by atoms with van der Waals surface area (Å²) in [7, 11) is 0. The average Bonchev–Trinajstić information content (AvgIpc) is 3.10. The van der Waals surface area contributed by atoms with Crippen LogP contribution in [0.25, 0.3) is 21.9 Å². The van der Waals surface area contributed by atoms with Gasteiger partial charge >= 0.3 is 0 Å². The number of pyridine rings is 1. The fourth-order valence-electron chi connectivity index (χ4n) is 5.30. The standard InChI is InChI=1S/C26H38N4/c1-5-6-11-22-29-23-24(20-9-7-8-10-21(20)28-25(23)27)30(22)17-16-18-12-14-19(15-13-18)26(2,3)4/h7-10,18-19H,5-6,11-17H2,1-4H3,(H2,27,28). The second kappa shape index (κ2) is 8.56. The summed E-state index contributed by atoms with van der Waals surface area (Å²) in [5.74, 6) is 3.44. The number of unbranched alkanes of at least 4 members (excludes halogenated alkanes) is 1. The monoisotopic (exact) mass is 406 g/mol. The summed E-state index contributed by atoms with van der Waals surface area (Å²) in [5, 5.41) is 1.17. The Bertz CT molecular complexity index is 1000. The molecule has 2 heterocycles. The minimum atomic E-state index is 0.447. The van der Waals surface area contributed by atoms with Gasteiger partial charge in [0.25, 0.3) is 0 Å². The molecule has 0 radical (unpaired) electrons. The lowest BCUT2D eigenvalue weighted by Crippen LogP contribution is -2.26. The number of hydrogen-bond acceptors (Lipinski definition) is 3. The van der Waals surface area contributed by atoms with Gasteiger partial charge in [0.1, 0.15) is 11.3 Å². The van der Waals surface area contributed by atoms with E-state index in [1.54, 1.807) is 0 Å². The van der Waals surface area contributed by atoms with Crippen LogP contribution in [0.3, 0.4) is 0 Å². The van der Waals surface area contributed by atoms with Gasteiger partial charge in [-0.25, -0.2) is 9.97 Å². The quantitative estimate of drug-likeness (QED) is 0.492. The Morgan fingerprint density at radius 3 is 2.50 bits per heavy atom. The summed E-state index contributed by atoms with van der Waals surface area (Å²) in [6.45, 7) is 10.5. The molecule has 0 saturated heterocycles. The van der Waals surface area contributed by atoms with Crippen LogP contribution in [0.5, 0.6) is 0 Å². The summed E-state index contributed by atoms with van der Waals surface area (Å²) in [4.78, 5) is 9.61. The number of rotatable bonds is 6. The van der Waals surface area contributed by atoms with E-state index in [0.717, 1.165) is 42.3 Å². The lowest BCUT2D eigenvalue weighted by atomic mass is 9.69. The highest BCUT2D eigenvalue weighted by Crippen LogP contribution is 2.41. The molecule has 0 aliphatic heterocycles. The van der Waals surface area contributed by atoms with Crippen molar-refractivity contribution in [1.82, 2.24) is 14.5 Å². The van der Waals surface area contributed by atoms with Crippen molar-refractivity contribution in [3.05, 3.63) is 30.1 Å². The first-order valence-corrected chi connectivity index (χ1v) is 11.9. The van der Waals surface area contributed by atoms with Crippen LogP contribution in [0.2, 0.25) is 0 Å². The molecule has 4 rings (SSSR count). The fraction of sp³-hybridized carbons (Fsp3) is 0.615. The molecule has 0 spiro atoms. The Morgan fingerprint density at radius 2 is 1.80 bits per heavy atom. The van der Waals surface area contributed by atoms with Crippen molar-refractivity contribution < 1.29 is 0 Å². The number of nitrogens with two attached hydrogens (primary N) is 1. The fourth-order valence-corrected chi connectivity index (χ4v) is 5.30. The molecule has 2 aromatic heterocycles. The van der Waals surface area contributed by atoms with E-state index in [2.05, 4.69) is 55.4 Å². The maximum absolute atomic E-state index is 6.34. The molecule has 1 aliphatic carbocycles. The first-order chi connectivity index (χ1) is 14.4. The van der Waals surface area contributed by atoms with Crippen molar-refractivity contribution in [2.24, 2.45) is 17.3 Å². The van der Waals surface area contributed by atoms with Crippen molar-refractivity contribution >= 4 is 27.8 Å². The molecule has 0 atom stereocenters. The second-order valence-electron chi connectivity index (χ2n) is 10.4. The SMILES string of the molecule is CCCCc1nc2c(N)nc3ccccc3c2n1CCC1CCC(C(C)(C)C)CC1. The molecule has 4 nitrogen and oxygen atoms in total. The van der Waals surface area contributed by atoms with Gasteiger partial charge in [-0.05, 0) is 49.0 Å². The van der Waals surface area contributed by atoms with Gasteiger partial charge in [0.05, 0.1) is 11.0 Å². The van der Waals surface area contributed by atoms with Gasteiger partial charge in [-0.2, -0.15) is 0 Å². The Morgan fingerprint density at radius 1 is 1.07 bits per heavy atom. The Kier molecular flexibility index (Phi) is 6.04. The highest BCUT2D eigenvalue weighted by molar-refractivity contribution is 6.06. The number of para-hydroxylation sites is 1. The number of aryl methyl sites for hydroxylation is 2. The number of benzene rings is 1. The van der Waals surface area contributed by atoms with Gasteiger partial charge in [0.2, 0.25) is 0 Å². The molecule has 1 aromatic carbocycles. The first-order valence-electron chi connectivity index (χ1n) is 11.9. The predicted octanol–water partition coefficient (Wildman–Crippen LogP) is 6.75. The van der Waals surface area contributed by atoms with Crippen molar-refractivity contribution in [2.45, 2.75) is 85.6 Å². The maximum Gasteiger partial charge on any atom is 0.152 e. The molecule has 1 fully saturated rings. The second-order valence-corrected chi connectivity index (χ2v) is 10.4. The third kappa shape index (κ3) is 4.19. The molecular weight excluding hydrogens is 368 g/mol.